The van der Waals surface area contributed by atoms with Crippen LogP contribution in [-0.2, 0) is 12.8 Å². The van der Waals surface area contributed by atoms with Gasteiger partial charge in [-0.1, -0.05) is 0 Å². The van der Waals surface area contributed by atoms with Gasteiger partial charge in [0, 0.05) is 16.3 Å². The van der Waals surface area contributed by atoms with Crippen LogP contribution < -0.4 is 0 Å². The van der Waals surface area contributed by atoms with Crippen molar-refractivity contribution in [3.05, 3.63) is 22.0 Å². The molecule has 2 heterocycles. The van der Waals surface area contributed by atoms with Crippen LogP contribution in [0.4, 0.5) is 0 Å². The topological polar surface area (TPSA) is 17.3 Å². The highest BCUT2D eigenvalue weighted by Gasteiger charge is 2.18. The smallest absolute Gasteiger partial charge is 0.194 e. The van der Waals surface area contributed by atoms with Gasteiger partial charge in [-0.2, -0.15) is 0 Å². The van der Waals surface area contributed by atoms with Gasteiger partial charge in [-0.25, -0.2) is 4.98 Å². The summed E-state index contributed by atoms with van der Waals surface area (Å²) >= 11 is 1.89. The van der Waals surface area contributed by atoms with Crippen LogP contribution in [0.2, 0.25) is 0 Å². The lowest BCUT2D eigenvalue weighted by molar-refractivity contribution is 0.672. The predicted octanol–water partition coefficient (Wildman–Crippen LogP) is 2.89. The van der Waals surface area contributed by atoms with E-state index in [1.807, 2.05) is 11.3 Å². The minimum Gasteiger partial charge on any atom is -0.291 e. The highest BCUT2D eigenvalue weighted by atomic mass is 32.1. The first-order valence-corrected chi connectivity index (χ1v) is 6.05. The third-order valence-electron chi connectivity index (χ3n) is 3.19. The van der Waals surface area contributed by atoms with Crippen LogP contribution >= 0.6 is 11.3 Å². The van der Waals surface area contributed by atoms with E-state index in [2.05, 4.69) is 23.2 Å². The molecule has 0 aromatic carbocycles. The molecule has 0 radical (unpaired) electrons. The van der Waals surface area contributed by atoms with Crippen LogP contribution in [0.3, 0.4) is 0 Å². The molecule has 0 unspecified atom stereocenters. The molecule has 1 aliphatic rings. The highest BCUT2D eigenvalue weighted by Crippen LogP contribution is 2.31. The second-order valence-electron chi connectivity index (χ2n) is 4.08. The molecule has 14 heavy (non-hydrogen) atoms. The summed E-state index contributed by atoms with van der Waals surface area (Å²) in [4.78, 5) is 7.37. The second kappa shape index (κ2) is 2.83. The number of rotatable bonds is 0. The Hall–Kier alpha value is -0.830. The van der Waals surface area contributed by atoms with E-state index in [1.54, 1.807) is 4.88 Å². The lowest BCUT2D eigenvalue weighted by Crippen LogP contribution is -2.03. The standard InChI is InChI=1S/C11H14N2S/c1-7-8(2)13-9-5-3-4-6-10(9)14-11(13)12-7/h3-6H2,1-2H3. The maximum atomic E-state index is 4.60. The molecule has 0 amide bonds. The van der Waals surface area contributed by atoms with Crippen molar-refractivity contribution >= 4 is 16.3 Å². The summed E-state index contributed by atoms with van der Waals surface area (Å²) in [7, 11) is 0. The number of hydrogen-bond donors (Lipinski definition) is 0. The largest absolute Gasteiger partial charge is 0.291 e. The molecule has 0 saturated carbocycles. The molecule has 2 aromatic rings. The summed E-state index contributed by atoms with van der Waals surface area (Å²) in [5.41, 5.74) is 4.05. The number of aromatic nitrogens is 2. The first-order chi connectivity index (χ1) is 6.77. The van der Waals surface area contributed by atoms with Gasteiger partial charge in [-0.15, -0.1) is 11.3 Å². The van der Waals surface area contributed by atoms with Crippen molar-refractivity contribution in [2.45, 2.75) is 39.5 Å². The van der Waals surface area contributed by atoms with Gasteiger partial charge < -0.3 is 0 Å². The maximum Gasteiger partial charge on any atom is 0.194 e. The van der Waals surface area contributed by atoms with Gasteiger partial charge in [0.2, 0.25) is 0 Å². The van der Waals surface area contributed by atoms with E-state index in [0.29, 0.717) is 0 Å². The van der Waals surface area contributed by atoms with Crippen molar-refractivity contribution in [3.63, 3.8) is 0 Å². The fourth-order valence-electron chi connectivity index (χ4n) is 2.28. The molecule has 0 spiro atoms. The van der Waals surface area contributed by atoms with E-state index in [0.717, 1.165) is 0 Å². The summed E-state index contributed by atoms with van der Waals surface area (Å²) in [6.45, 7) is 4.28. The third-order valence-corrected chi connectivity index (χ3v) is 4.33. The van der Waals surface area contributed by atoms with Crippen LogP contribution in [0.5, 0.6) is 0 Å². The van der Waals surface area contributed by atoms with Gasteiger partial charge in [-0.3, -0.25) is 4.40 Å². The fourth-order valence-corrected chi connectivity index (χ4v) is 3.58. The van der Waals surface area contributed by atoms with E-state index in [1.165, 1.54) is 47.7 Å². The number of nitrogens with zero attached hydrogens (tertiary/aromatic N) is 2. The number of thiazole rings is 1. The molecule has 2 aromatic heterocycles. The Kier molecular flexibility index (Phi) is 1.71. The van der Waals surface area contributed by atoms with Crippen molar-refractivity contribution in [1.29, 1.82) is 0 Å². The number of fused-ring (bicyclic) bond motifs is 3. The molecule has 3 heteroatoms. The summed E-state index contributed by atoms with van der Waals surface area (Å²) in [5, 5.41) is 0. The predicted molar refractivity (Wildman–Crippen MR) is 59.2 cm³/mol. The average Bonchev–Trinajstić information content (AvgIpc) is 2.65. The van der Waals surface area contributed by atoms with Gasteiger partial charge >= 0.3 is 0 Å². The van der Waals surface area contributed by atoms with Gasteiger partial charge in [-0.05, 0) is 39.5 Å². The summed E-state index contributed by atoms with van der Waals surface area (Å²) < 4.78 is 2.37. The minimum absolute atomic E-state index is 1.18. The Morgan fingerprint density at radius 2 is 2.00 bits per heavy atom. The molecule has 0 saturated heterocycles. The molecule has 1 aliphatic carbocycles. The SMILES string of the molecule is Cc1nc2sc3c(n2c1C)CCCC3. The van der Waals surface area contributed by atoms with Crippen LogP contribution in [0, 0.1) is 13.8 Å². The van der Waals surface area contributed by atoms with Crippen molar-refractivity contribution in [1.82, 2.24) is 9.38 Å². The molecule has 74 valence electrons. The normalized spacial score (nSPS) is 16.1. The number of hydrogen-bond acceptors (Lipinski definition) is 2. The third kappa shape index (κ3) is 0.989. The summed E-state index contributed by atoms with van der Waals surface area (Å²) in [5.74, 6) is 0. The van der Waals surface area contributed by atoms with E-state index in [4.69, 9.17) is 0 Å². The molecule has 0 fully saturated rings. The fraction of sp³-hybridized carbons (Fsp3) is 0.545. The monoisotopic (exact) mass is 206 g/mol. The highest BCUT2D eigenvalue weighted by molar-refractivity contribution is 7.17. The molecule has 0 atom stereocenters. The molecule has 0 N–H and O–H groups in total. The van der Waals surface area contributed by atoms with E-state index in [-0.39, 0.29) is 0 Å². The van der Waals surface area contributed by atoms with E-state index >= 15 is 0 Å². The minimum atomic E-state index is 1.18. The molecule has 2 nitrogen and oxygen atoms in total. The number of aryl methyl sites for hydroxylation is 4. The Balaban J connectivity index is 2.36. The van der Waals surface area contributed by atoms with Gasteiger partial charge in [0.05, 0.1) is 5.69 Å². The van der Waals surface area contributed by atoms with Gasteiger partial charge in [0.1, 0.15) is 0 Å². The second-order valence-corrected chi connectivity index (χ2v) is 5.14. The van der Waals surface area contributed by atoms with Gasteiger partial charge in [0.25, 0.3) is 0 Å². The zero-order chi connectivity index (χ0) is 9.71. The van der Waals surface area contributed by atoms with Gasteiger partial charge in [0.15, 0.2) is 4.96 Å². The molecular formula is C11H14N2S. The van der Waals surface area contributed by atoms with Crippen molar-refractivity contribution in [2.75, 3.05) is 0 Å². The van der Waals surface area contributed by atoms with Crippen LogP contribution in [0.25, 0.3) is 4.96 Å². The lowest BCUT2D eigenvalue weighted by atomic mass is 10.0. The van der Waals surface area contributed by atoms with Crippen LogP contribution in [0.1, 0.15) is 34.8 Å². The molecular weight excluding hydrogens is 192 g/mol. The Bertz CT molecular complexity index is 493. The molecule has 0 bridgehead atoms. The zero-order valence-electron chi connectivity index (χ0n) is 8.63. The number of imidazole rings is 1. The van der Waals surface area contributed by atoms with E-state index < -0.39 is 0 Å². The summed E-state index contributed by atoms with van der Waals surface area (Å²) in [6, 6.07) is 0. The Morgan fingerprint density at radius 1 is 1.21 bits per heavy atom. The van der Waals surface area contributed by atoms with Crippen molar-refractivity contribution in [3.8, 4) is 0 Å². The average molecular weight is 206 g/mol. The molecule has 0 aliphatic heterocycles. The maximum absolute atomic E-state index is 4.60. The van der Waals surface area contributed by atoms with Crippen molar-refractivity contribution < 1.29 is 0 Å². The van der Waals surface area contributed by atoms with E-state index in [9.17, 15) is 0 Å². The Morgan fingerprint density at radius 3 is 2.86 bits per heavy atom. The lowest BCUT2D eigenvalue weighted by Gasteiger charge is -2.10. The molecule has 3 rings (SSSR count). The van der Waals surface area contributed by atoms with Crippen LogP contribution in [0.15, 0.2) is 0 Å². The first-order valence-electron chi connectivity index (χ1n) is 5.23. The Labute approximate surface area is 87.6 Å². The quantitative estimate of drug-likeness (QED) is 0.648. The van der Waals surface area contributed by atoms with Crippen molar-refractivity contribution in [2.24, 2.45) is 0 Å². The van der Waals surface area contributed by atoms with Crippen LogP contribution in [-0.4, -0.2) is 9.38 Å². The summed E-state index contributed by atoms with van der Waals surface area (Å²) in [6.07, 6.45) is 5.21. The first kappa shape index (κ1) is 8.48. The zero-order valence-corrected chi connectivity index (χ0v) is 9.45.